The van der Waals surface area contributed by atoms with Gasteiger partial charge in [0.25, 0.3) is 5.91 Å². The van der Waals surface area contributed by atoms with Crippen molar-refractivity contribution in [2.24, 2.45) is 0 Å². The van der Waals surface area contributed by atoms with Gasteiger partial charge in [0.05, 0.1) is 17.3 Å². The zero-order valence-electron chi connectivity index (χ0n) is 11.6. The van der Waals surface area contributed by atoms with Crippen LogP contribution >= 0.6 is 11.6 Å². The number of rotatable bonds is 4. The van der Waals surface area contributed by atoms with Crippen LogP contribution in [-0.2, 0) is 22.6 Å². The summed E-state index contributed by atoms with van der Waals surface area (Å²) in [6.45, 7) is 2.71. The van der Waals surface area contributed by atoms with E-state index in [1.54, 1.807) is 17.0 Å². The van der Waals surface area contributed by atoms with Crippen LogP contribution in [0.5, 0.6) is 0 Å². The van der Waals surface area contributed by atoms with E-state index in [9.17, 15) is 4.79 Å². The van der Waals surface area contributed by atoms with Crippen LogP contribution < -0.4 is 4.90 Å². The maximum atomic E-state index is 12.3. The van der Waals surface area contributed by atoms with Crippen molar-refractivity contribution in [3.05, 3.63) is 46.3 Å². The molecule has 0 saturated carbocycles. The average molecular weight is 307 g/mol. The van der Waals surface area contributed by atoms with Gasteiger partial charge in [0.2, 0.25) is 0 Å². The number of hydrogen-bond donors (Lipinski definition) is 0. The van der Waals surface area contributed by atoms with E-state index in [0.717, 1.165) is 23.4 Å². The summed E-state index contributed by atoms with van der Waals surface area (Å²) in [6, 6.07) is 7.48. The monoisotopic (exact) mass is 306 g/mol. The minimum atomic E-state index is -0.0953. The van der Waals surface area contributed by atoms with Crippen molar-refractivity contribution in [1.29, 1.82) is 0 Å². The first kappa shape index (κ1) is 14.1. The minimum Gasteiger partial charge on any atom is -0.365 e. The summed E-state index contributed by atoms with van der Waals surface area (Å²) in [5.41, 5.74) is 2.59. The lowest BCUT2D eigenvalue weighted by atomic mass is 10.2. The fourth-order valence-corrected chi connectivity index (χ4v) is 2.76. The second-order valence-electron chi connectivity index (χ2n) is 4.96. The SMILES string of the molecule is Cc1cc(COCC(=O)N2CCc3cccc(Cl)c32)no1. The highest BCUT2D eigenvalue weighted by Gasteiger charge is 2.26. The summed E-state index contributed by atoms with van der Waals surface area (Å²) < 4.78 is 10.3. The fourth-order valence-electron chi connectivity index (χ4n) is 2.46. The Hall–Kier alpha value is -1.85. The average Bonchev–Trinajstić information content (AvgIpc) is 3.06. The van der Waals surface area contributed by atoms with E-state index in [1.165, 1.54) is 0 Å². The molecule has 110 valence electrons. The van der Waals surface area contributed by atoms with Crippen molar-refractivity contribution >= 4 is 23.2 Å². The molecule has 0 N–H and O–H groups in total. The molecule has 1 aliphatic rings. The van der Waals surface area contributed by atoms with Gasteiger partial charge in [-0.15, -0.1) is 0 Å². The standard InChI is InChI=1S/C15H15ClN2O3/c1-10-7-12(17-21-10)8-20-9-14(19)18-6-5-11-3-2-4-13(16)15(11)18/h2-4,7H,5-6,8-9H2,1H3. The number of ether oxygens (including phenoxy) is 1. The number of para-hydroxylation sites is 1. The van der Waals surface area contributed by atoms with Crippen LogP contribution in [0, 0.1) is 6.92 Å². The van der Waals surface area contributed by atoms with Crippen molar-refractivity contribution in [3.8, 4) is 0 Å². The Labute approximate surface area is 127 Å². The highest BCUT2D eigenvalue weighted by Crippen LogP contribution is 2.34. The van der Waals surface area contributed by atoms with Gasteiger partial charge in [0.15, 0.2) is 0 Å². The summed E-state index contributed by atoms with van der Waals surface area (Å²) in [6.07, 6.45) is 0.824. The van der Waals surface area contributed by atoms with E-state index >= 15 is 0 Å². The van der Waals surface area contributed by atoms with Crippen LogP contribution in [0.1, 0.15) is 17.0 Å². The minimum absolute atomic E-state index is 0.00340. The molecule has 2 heterocycles. The first-order chi connectivity index (χ1) is 10.1. The normalized spacial score (nSPS) is 13.5. The molecule has 0 aliphatic carbocycles. The highest BCUT2D eigenvalue weighted by atomic mass is 35.5. The van der Waals surface area contributed by atoms with Crippen LogP contribution in [0.15, 0.2) is 28.8 Å². The Morgan fingerprint density at radius 1 is 1.52 bits per heavy atom. The molecular weight excluding hydrogens is 292 g/mol. The number of aromatic nitrogens is 1. The number of nitrogens with zero attached hydrogens (tertiary/aromatic N) is 2. The zero-order valence-corrected chi connectivity index (χ0v) is 12.4. The first-order valence-electron chi connectivity index (χ1n) is 6.73. The van der Waals surface area contributed by atoms with E-state index < -0.39 is 0 Å². The lowest BCUT2D eigenvalue weighted by Gasteiger charge is -2.18. The number of carbonyl (C=O) groups excluding carboxylic acids is 1. The first-order valence-corrected chi connectivity index (χ1v) is 7.10. The van der Waals surface area contributed by atoms with Gasteiger partial charge in [-0.2, -0.15) is 0 Å². The Bertz CT molecular complexity index is 669. The van der Waals surface area contributed by atoms with Gasteiger partial charge in [0.1, 0.15) is 18.1 Å². The van der Waals surface area contributed by atoms with E-state index in [0.29, 0.717) is 17.3 Å². The van der Waals surface area contributed by atoms with Crippen molar-refractivity contribution < 1.29 is 14.1 Å². The third-order valence-electron chi connectivity index (χ3n) is 3.40. The van der Waals surface area contributed by atoms with Crippen molar-refractivity contribution in [1.82, 2.24) is 5.16 Å². The van der Waals surface area contributed by atoms with Gasteiger partial charge in [-0.3, -0.25) is 4.79 Å². The summed E-state index contributed by atoms with van der Waals surface area (Å²) in [5, 5.41) is 4.42. The van der Waals surface area contributed by atoms with Crippen molar-refractivity contribution in [2.75, 3.05) is 18.1 Å². The van der Waals surface area contributed by atoms with Crippen LogP contribution in [0.4, 0.5) is 5.69 Å². The third-order valence-corrected chi connectivity index (χ3v) is 3.70. The molecule has 0 unspecified atom stereocenters. The number of fused-ring (bicyclic) bond motifs is 1. The number of amides is 1. The number of anilines is 1. The lowest BCUT2D eigenvalue weighted by molar-refractivity contribution is -0.123. The molecule has 1 aromatic carbocycles. The predicted octanol–water partition coefficient (Wildman–Crippen LogP) is 2.74. The molecule has 1 amide bonds. The molecule has 0 bridgehead atoms. The van der Waals surface area contributed by atoms with Gasteiger partial charge in [-0.25, -0.2) is 0 Å². The van der Waals surface area contributed by atoms with E-state index in [1.807, 2.05) is 19.1 Å². The number of carbonyl (C=O) groups is 1. The molecule has 1 aromatic heterocycles. The molecule has 3 rings (SSSR count). The molecule has 6 heteroatoms. The summed E-state index contributed by atoms with van der Waals surface area (Å²) in [5.74, 6) is 0.627. The molecule has 2 aromatic rings. The molecule has 1 aliphatic heterocycles. The zero-order chi connectivity index (χ0) is 14.8. The van der Waals surface area contributed by atoms with Crippen LogP contribution in [0.3, 0.4) is 0 Å². The number of benzene rings is 1. The van der Waals surface area contributed by atoms with E-state index in [-0.39, 0.29) is 19.1 Å². The summed E-state index contributed by atoms with van der Waals surface area (Å²) in [7, 11) is 0. The molecule has 0 radical (unpaired) electrons. The topological polar surface area (TPSA) is 55.6 Å². The van der Waals surface area contributed by atoms with E-state index in [2.05, 4.69) is 5.16 Å². The highest BCUT2D eigenvalue weighted by molar-refractivity contribution is 6.34. The number of aryl methyl sites for hydroxylation is 1. The maximum Gasteiger partial charge on any atom is 0.253 e. The second kappa shape index (κ2) is 5.87. The Balaban J connectivity index is 1.60. The maximum absolute atomic E-state index is 12.3. The van der Waals surface area contributed by atoms with Crippen LogP contribution in [0.2, 0.25) is 5.02 Å². The largest absolute Gasteiger partial charge is 0.365 e. The van der Waals surface area contributed by atoms with Gasteiger partial charge >= 0.3 is 0 Å². The number of halogens is 1. The van der Waals surface area contributed by atoms with Gasteiger partial charge in [-0.05, 0) is 25.0 Å². The van der Waals surface area contributed by atoms with Crippen LogP contribution in [-0.4, -0.2) is 24.2 Å². The van der Waals surface area contributed by atoms with Gasteiger partial charge < -0.3 is 14.2 Å². The molecule has 5 nitrogen and oxygen atoms in total. The van der Waals surface area contributed by atoms with Crippen molar-refractivity contribution in [2.45, 2.75) is 20.0 Å². The molecule has 0 fully saturated rings. The molecule has 0 spiro atoms. The van der Waals surface area contributed by atoms with Gasteiger partial charge in [0, 0.05) is 12.6 Å². The fraction of sp³-hybridized carbons (Fsp3) is 0.333. The summed E-state index contributed by atoms with van der Waals surface area (Å²) in [4.78, 5) is 13.9. The van der Waals surface area contributed by atoms with E-state index in [4.69, 9.17) is 20.9 Å². The second-order valence-corrected chi connectivity index (χ2v) is 5.37. The third kappa shape index (κ3) is 2.94. The summed E-state index contributed by atoms with van der Waals surface area (Å²) >= 11 is 6.18. The Morgan fingerprint density at radius 2 is 2.38 bits per heavy atom. The molecular formula is C15H15ClN2O3. The van der Waals surface area contributed by atoms with Gasteiger partial charge in [-0.1, -0.05) is 28.9 Å². The molecule has 21 heavy (non-hydrogen) atoms. The Morgan fingerprint density at radius 3 is 3.14 bits per heavy atom. The smallest absolute Gasteiger partial charge is 0.253 e. The quantitative estimate of drug-likeness (QED) is 0.871. The Kier molecular flexibility index (Phi) is 3.94. The molecule has 0 saturated heterocycles. The van der Waals surface area contributed by atoms with Crippen molar-refractivity contribution in [3.63, 3.8) is 0 Å². The van der Waals surface area contributed by atoms with Crippen LogP contribution in [0.25, 0.3) is 0 Å². The molecule has 0 atom stereocenters. The predicted molar refractivity (Wildman–Crippen MR) is 78.4 cm³/mol. The number of hydrogen-bond acceptors (Lipinski definition) is 4. The lowest BCUT2D eigenvalue weighted by Crippen LogP contribution is -2.32.